The fraction of sp³-hybridized carbons (Fsp3) is 0.588. The number of aliphatic imine (C=N–C) groups is 1. The van der Waals surface area contributed by atoms with Crippen LogP contribution in [0.3, 0.4) is 0 Å². The Labute approximate surface area is 189 Å². The standard InChI is InChI=1S/C17H26Cl2N4O2S.HI/c1-3-20-17(21-6-7-23-8-10-26(24,25)11-9-23)22(2)13-14-4-5-15(18)16(19)12-14;/h4-5,12H,3,6-11,13H2,1-2H3,(H,20,21);1H. The Balaban J connectivity index is 0.00000364. The van der Waals surface area contributed by atoms with Gasteiger partial charge in [0.25, 0.3) is 0 Å². The van der Waals surface area contributed by atoms with Crippen LogP contribution in [-0.2, 0) is 16.4 Å². The van der Waals surface area contributed by atoms with E-state index < -0.39 is 9.84 Å². The summed E-state index contributed by atoms with van der Waals surface area (Å²) in [5, 5.41) is 4.37. The molecule has 1 N–H and O–H groups in total. The molecule has 1 aliphatic rings. The first-order valence-corrected chi connectivity index (χ1v) is 11.2. The normalized spacial score (nSPS) is 17.3. The second-order valence-corrected chi connectivity index (χ2v) is 9.45. The van der Waals surface area contributed by atoms with Gasteiger partial charge in [0.15, 0.2) is 15.8 Å². The lowest BCUT2D eigenvalue weighted by Crippen LogP contribution is -2.42. The van der Waals surface area contributed by atoms with Crippen molar-refractivity contribution in [2.24, 2.45) is 4.99 Å². The number of nitrogens with zero attached hydrogens (tertiary/aromatic N) is 3. The highest BCUT2D eigenvalue weighted by molar-refractivity contribution is 14.0. The molecule has 6 nitrogen and oxygen atoms in total. The summed E-state index contributed by atoms with van der Waals surface area (Å²) in [6.07, 6.45) is 0. The summed E-state index contributed by atoms with van der Waals surface area (Å²) in [5.74, 6) is 1.30. The van der Waals surface area contributed by atoms with E-state index in [9.17, 15) is 8.42 Å². The zero-order valence-electron chi connectivity index (χ0n) is 15.6. The lowest BCUT2D eigenvalue weighted by atomic mass is 10.2. The van der Waals surface area contributed by atoms with Crippen LogP contribution in [0.2, 0.25) is 10.0 Å². The number of sulfone groups is 1. The zero-order valence-corrected chi connectivity index (χ0v) is 20.3. The maximum Gasteiger partial charge on any atom is 0.194 e. The summed E-state index contributed by atoms with van der Waals surface area (Å²) in [5.41, 5.74) is 1.05. The highest BCUT2D eigenvalue weighted by Gasteiger charge is 2.20. The number of hydrogen-bond donors (Lipinski definition) is 1. The molecule has 0 unspecified atom stereocenters. The van der Waals surface area contributed by atoms with Crippen molar-refractivity contribution in [3.63, 3.8) is 0 Å². The van der Waals surface area contributed by atoms with E-state index in [2.05, 4.69) is 15.2 Å². The van der Waals surface area contributed by atoms with Gasteiger partial charge in [-0.2, -0.15) is 0 Å². The molecule has 0 saturated carbocycles. The fourth-order valence-corrected chi connectivity index (χ4v) is 4.33. The van der Waals surface area contributed by atoms with E-state index in [1.165, 1.54) is 0 Å². The Kier molecular flexibility index (Phi) is 10.7. The van der Waals surface area contributed by atoms with Crippen LogP contribution in [0, 0.1) is 0 Å². The first-order valence-electron chi connectivity index (χ1n) is 8.67. The van der Waals surface area contributed by atoms with Gasteiger partial charge in [-0.15, -0.1) is 24.0 Å². The van der Waals surface area contributed by atoms with Crippen LogP contribution < -0.4 is 5.32 Å². The fourth-order valence-electron chi connectivity index (χ4n) is 2.73. The predicted octanol–water partition coefficient (Wildman–Crippen LogP) is 2.74. The molecule has 27 heavy (non-hydrogen) atoms. The zero-order chi connectivity index (χ0) is 19.2. The van der Waals surface area contributed by atoms with E-state index in [-0.39, 0.29) is 35.5 Å². The average Bonchev–Trinajstić information content (AvgIpc) is 2.59. The Bertz CT molecular complexity index is 732. The van der Waals surface area contributed by atoms with Crippen molar-refractivity contribution < 1.29 is 8.42 Å². The molecule has 1 heterocycles. The molecule has 1 aromatic rings. The van der Waals surface area contributed by atoms with Crippen LogP contribution in [0.25, 0.3) is 0 Å². The summed E-state index contributed by atoms with van der Waals surface area (Å²) in [7, 11) is -0.869. The molecule has 1 aromatic carbocycles. The third-order valence-corrected chi connectivity index (χ3v) is 6.56. The van der Waals surface area contributed by atoms with Gasteiger partial charge in [0.2, 0.25) is 0 Å². The lowest BCUT2D eigenvalue weighted by molar-refractivity contribution is 0.303. The van der Waals surface area contributed by atoms with E-state index in [0.29, 0.717) is 36.2 Å². The monoisotopic (exact) mass is 548 g/mol. The first-order chi connectivity index (χ1) is 12.3. The summed E-state index contributed by atoms with van der Waals surface area (Å²) in [6.45, 7) is 6.01. The van der Waals surface area contributed by atoms with Gasteiger partial charge in [-0.25, -0.2) is 8.42 Å². The van der Waals surface area contributed by atoms with Crippen LogP contribution in [0.5, 0.6) is 0 Å². The van der Waals surface area contributed by atoms with Crippen LogP contribution >= 0.6 is 47.2 Å². The highest BCUT2D eigenvalue weighted by atomic mass is 127. The molecule has 0 atom stereocenters. The Hall–Kier alpha value is -0.290. The van der Waals surface area contributed by atoms with Gasteiger partial charge in [0.1, 0.15) is 0 Å². The first kappa shape index (κ1) is 24.7. The molecule has 0 bridgehead atoms. The molecule has 0 amide bonds. The maximum atomic E-state index is 11.5. The Morgan fingerprint density at radius 3 is 2.52 bits per heavy atom. The van der Waals surface area contributed by atoms with Gasteiger partial charge in [0, 0.05) is 39.8 Å². The molecular formula is C17H27Cl2IN4O2S. The molecule has 1 aliphatic heterocycles. The quantitative estimate of drug-likeness (QED) is 0.336. The summed E-state index contributed by atoms with van der Waals surface area (Å²) >= 11 is 12.0. The second kappa shape index (κ2) is 11.6. The summed E-state index contributed by atoms with van der Waals surface area (Å²) in [4.78, 5) is 8.84. The largest absolute Gasteiger partial charge is 0.357 e. The van der Waals surface area contributed by atoms with Crippen molar-refractivity contribution in [3.05, 3.63) is 33.8 Å². The number of halogens is 3. The van der Waals surface area contributed by atoms with Crippen molar-refractivity contribution in [2.75, 3.05) is 51.3 Å². The van der Waals surface area contributed by atoms with Gasteiger partial charge in [-0.1, -0.05) is 29.3 Å². The average molecular weight is 549 g/mol. The number of nitrogens with one attached hydrogen (secondary N) is 1. The predicted molar refractivity (Wildman–Crippen MR) is 124 cm³/mol. The second-order valence-electron chi connectivity index (χ2n) is 6.33. The SMILES string of the molecule is CCNC(=NCCN1CCS(=O)(=O)CC1)N(C)Cc1ccc(Cl)c(Cl)c1.I. The smallest absolute Gasteiger partial charge is 0.194 e. The van der Waals surface area contributed by atoms with Gasteiger partial charge in [-0.3, -0.25) is 9.89 Å². The van der Waals surface area contributed by atoms with Crippen molar-refractivity contribution in [2.45, 2.75) is 13.5 Å². The Morgan fingerprint density at radius 2 is 1.93 bits per heavy atom. The van der Waals surface area contributed by atoms with Gasteiger partial charge >= 0.3 is 0 Å². The van der Waals surface area contributed by atoms with Crippen LogP contribution in [0.1, 0.15) is 12.5 Å². The molecule has 2 rings (SSSR count). The van der Waals surface area contributed by atoms with Gasteiger partial charge < -0.3 is 10.2 Å². The minimum atomic E-state index is -2.84. The summed E-state index contributed by atoms with van der Waals surface area (Å²) in [6, 6.07) is 5.60. The number of benzene rings is 1. The maximum absolute atomic E-state index is 11.5. The molecule has 154 valence electrons. The van der Waals surface area contributed by atoms with Crippen molar-refractivity contribution in [3.8, 4) is 0 Å². The number of hydrogen-bond acceptors (Lipinski definition) is 4. The minimum Gasteiger partial charge on any atom is -0.357 e. The molecule has 1 saturated heterocycles. The van der Waals surface area contributed by atoms with Gasteiger partial charge in [-0.05, 0) is 24.6 Å². The van der Waals surface area contributed by atoms with Crippen LogP contribution in [-0.4, -0.2) is 75.5 Å². The molecule has 0 aliphatic carbocycles. The van der Waals surface area contributed by atoms with E-state index in [1.54, 1.807) is 6.07 Å². The molecule has 10 heteroatoms. The van der Waals surface area contributed by atoms with Crippen molar-refractivity contribution >= 4 is 63.0 Å². The molecular weight excluding hydrogens is 522 g/mol. The third-order valence-electron chi connectivity index (χ3n) is 4.22. The number of rotatable bonds is 6. The summed E-state index contributed by atoms with van der Waals surface area (Å²) < 4.78 is 23.0. The van der Waals surface area contributed by atoms with Crippen molar-refractivity contribution in [1.82, 2.24) is 15.1 Å². The van der Waals surface area contributed by atoms with Gasteiger partial charge in [0.05, 0.1) is 28.1 Å². The molecule has 0 aromatic heterocycles. The van der Waals surface area contributed by atoms with Crippen LogP contribution in [0.4, 0.5) is 0 Å². The van der Waals surface area contributed by atoms with E-state index in [1.807, 2.05) is 31.0 Å². The Morgan fingerprint density at radius 1 is 1.26 bits per heavy atom. The number of guanidine groups is 1. The molecule has 0 spiro atoms. The highest BCUT2D eigenvalue weighted by Crippen LogP contribution is 2.23. The third kappa shape index (κ3) is 8.31. The minimum absolute atomic E-state index is 0. The van der Waals surface area contributed by atoms with E-state index in [0.717, 1.165) is 24.6 Å². The topological polar surface area (TPSA) is 65.0 Å². The lowest BCUT2D eigenvalue weighted by Gasteiger charge is -2.26. The van der Waals surface area contributed by atoms with Crippen molar-refractivity contribution in [1.29, 1.82) is 0 Å². The van der Waals surface area contributed by atoms with Crippen LogP contribution in [0.15, 0.2) is 23.2 Å². The molecule has 1 fully saturated rings. The van der Waals surface area contributed by atoms with E-state index >= 15 is 0 Å². The molecule has 0 radical (unpaired) electrons. The van der Waals surface area contributed by atoms with E-state index in [4.69, 9.17) is 23.2 Å².